The van der Waals surface area contributed by atoms with Gasteiger partial charge in [-0.15, -0.1) is 0 Å². The van der Waals surface area contributed by atoms with Crippen molar-refractivity contribution in [3.63, 3.8) is 0 Å². The maximum absolute atomic E-state index is 11.3. The van der Waals surface area contributed by atoms with Gasteiger partial charge in [-0.1, -0.05) is 0 Å². The zero-order valence-electron chi connectivity index (χ0n) is 11.4. The van der Waals surface area contributed by atoms with Crippen molar-refractivity contribution in [3.8, 4) is 22.8 Å². The van der Waals surface area contributed by atoms with Crippen LogP contribution in [0, 0.1) is 0 Å². The van der Waals surface area contributed by atoms with Crippen LogP contribution >= 0.6 is 0 Å². The molecule has 0 fully saturated rings. The molecule has 0 radical (unpaired) electrons. The van der Waals surface area contributed by atoms with Crippen molar-refractivity contribution in [2.24, 2.45) is 5.73 Å². The summed E-state index contributed by atoms with van der Waals surface area (Å²) in [4.78, 5) is 15.5. The SMILES string of the molecule is CCOc1ncccc1-c1cc(C(N)=O)ccc1OC. The minimum Gasteiger partial charge on any atom is -0.496 e. The van der Waals surface area contributed by atoms with Gasteiger partial charge in [0.2, 0.25) is 11.8 Å². The van der Waals surface area contributed by atoms with Crippen LogP contribution in [0.3, 0.4) is 0 Å². The van der Waals surface area contributed by atoms with Crippen molar-refractivity contribution >= 4 is 5.91 Å². The second-order valence-corrected chi connectivity index (χ2v) is 4.07. The second-order valence-electron chi connectivity index (χ2n) is 4.07. The zero-order valence-corrected chi connectivity index (χ0v) is 11.4. The summed E-state index contributed by atoms with van der Waals surface area (Å²) in [6.45, 7) is 2.39. The Morgan fingerprint density at radius 1 is 1.30 bits per heavy atom. The number of primary amides is 1. The number of carbonyl (C=O) groups is 1. The molecule has 1 aromatic heterocycles. The van der Waals surface area contributed by atoms with E-state index in [0.717, 1.165) is 11.1 Å². The number of pyridine rings is 1. The first kappa shape index (κ1) is 13.9. The van der Waals surface area contributed by atoms with Crippen molar-refractivity contribution in [1.29, 1.82) is 0 Å². The van der Waals surface area contributed by atoms with Gasteiger partial charge < -0.3 is 15.2 Å². The highest BCUT2D eigenvalue weighted by molar-refractivity contribution is 5.95. The zero-order chi connectivity index (χ0) is 14.5. The topological polar surface area (TPSA) is 74.4 Å². The third kappa shape index (κ3) is 2.71. The summed E-state index contributed by atoms with van der Waals surface area (Å²) < 4.78 is 10.8. The summed E-state index contributed by atoms with van der Waals surface area (Å²) >= 11 is 0. The molecule has 0 unspecified atom stereocenters. The maximum Gasteiger partial charge on any atom is 0.248 e. The largest absolute Gasteiger partial charge is 0.496 e. The number of rotatable bonds is 5. The molecule has 2 rings (SSSR count). The molecule has 0 saturated carbocycles. The van der Waals surface area contributed by atoms with Gasteiger partial charge >= 0.3 is 0 Å². The molecule has 5 nitrogen and oxygen atoms in total. The molecule has 5 heteroatoms. The molecule has 2 N–H and O–H groups in total. The smallest absolute Gasteiger partial charge is 0.248 e. The fourth-order valence-corrected chi connectivity index (χ4v) is 1.92. The van der Waals surface area contributed by atoms with E-state index in [9.17, 15) is 4.79 Å². The van der Waals surface area contributed by atoms with E-state index < -0.39 is 5.91 Å². The molecule has 0 saturated heterocycles. The normalized spacial score (nSPS) is 10.1. The first-order valence-corrected chi connectivity index (χ1v) is 6.23. The Labute approximate surface area is 117 Å². The highest BCUT2D eigenvalue weighted by Gasteiger charge is 2.14. The molecule has 1 heterocycles. The Morgan fingerprint density at radius 3 is 2.75 bits per heavy atom. The molecule has 0 spiro atoms. The van der Waals surface area contributed by atoms with E-state index >= 15 is 0 Å². The predicted molar refractivity (Wildman–Crippen MR) is 75.9 cm³/mol. The lowest BCUT2D eigenvalue weighted by atomic mass is 10.0. The van der Waals surface area contributed by atoms with Crippen LogP contribution in [0.5, 0.6) is 11.6 Å². The van der Waals surface area contributed by atoms with Crippen LogP contribution < -0.4 is 15.2 Å². The maximum atomic E-state index is 11.3. The second kappa shape index (κ2) is 6.06. The quantitative estimate of drug-likeness (QED) is 0.906. The summed E-state index contributed by atoms with van der Waals surface area (Å²) in [5, 5.41) is 0. The average Bonchev–Trinajstić information content (AvgIpc) is 2.47. The number of benzene rings is 1. The summed E-state index contributed by atoms with van der Waals surface area (Å²) in [5.41, 5.74) is 7.21. The van der Waals surface area contributed by atoms with Crippen LogP contribution in [0.15, 0.2) is 36.5 Å². The highest BCUT2D eigenvalue weighted by Crippen LogP contribution is 2.35. The van der Waals surface area contributed by atoms with Gasteiger partial charge in [-0.05, 0) is 37.3 Å². The average molecular weight is 272 g/mol. The standard InChI is InChI=1S/C15H16N2O3/c1-3-20-15-11(5-4-8-17-15)12-9-10(14(16)18)6-7-13(12)19-2/h4-9H,3H2,1-2H3,(H2,16,18). The van der Waals surface area contributed by atoms with Crippen LogP contribution in [0.4, 0.5) is 0 Å². The molecule has 0 atom stereocenters. The van der Waals surface area contributed by atoms with Crippen molar-refractivity contribution in [2.45, 2.75) is 6.92 Å². The number of aromatic nitrogens is 1. The molecule has 1 amide bonds. The van der Waals surface area contributed by atoms with Crippen LogP contribution in [0.2, 0.25) is 0 Å². The number of carbonyl (C=O) groups excluding carboxylic acids is 1. The van der Waals surface area contributed by atoms with Crippen molar-refractivity contribution < 1.29 is 14.3 Å². The van der Waals surface area contributed by atoms with E-state index in [0.29, 0.717) is 23.8 Å². The van der Waals surface area contributed by atoms with Gasteiger partial charge in [0.25, 0.3) is 0 Å². The first-order valence-electron chi connectivity index (χ1n) is 6.23. The van der Waals surface area contributed by atoms with Crippen LogP contribution in [0.1, 0.15) is 17.3 Å². The minimum atomic E-state index is -0.490. The van der Waals surface area contributed by atoms with Gasteiger partial charge in [-0.2, -0.15) is 0 Å². The molecule has 0 aliphatic heterocycles. The molecule has 1 aromatic carbocycles. The predicted octanol–water partition coefficient (Wildman–Crippen LogP) is 2.25. The van der Waals surface area contributed by atoms with Gasteiger partial charge in [0.1, 0.15) is 5.75 Å². The lowest BCUT2D eigenvalue weighted by Crippen LogP contribution is -2.11. The number of hydrogen-bond donors (Lipinski definition) is 1. The summed E-state index contributed by atoms with van der Waals surface area (Å²) in [5.74, 6) is 0.634. The fraction of sp³-hybridized carbons (Fsp3) is 0.200. The molecule has 0 aliphatic rings. The lowest BCUT2D eigenvalue weighted by molar-refractivity contribution is 0.100. The van der Waals surface area contributed by atoms with E-state index in [4.69, 9.17) is 15.2 Å². The van der Waals surface area contributed by atoms with Gasteiger partial charge in [0.05, 0.1) is 13.7 Å². The van der Waals surface area contributed by atoms with Crippen molar-refractivity contribution in [1.82, 2.24) is 4.98 Å². The molecule has 20 heavy (non-hydrogen) atoms. The van der Waals surface area contributed by atoms with E-state index in [1.54, 1.807) is 37.6 Å². The minimum absolute atomic E-state index is 0.409. The first-order chi connectivity index (χ1) is 9.67. The van der Waals surface area contributed by atoms with E-state index in [-0.39, 0.29) is 0 Å². The summed E-state index contributed by atoms with van der Waals surface area (Å²) in [7, 11) is 1.57. The van der Waals surface area contributed by atoms with Crippen molar-refractivity contribution in [2.75, 3.05) is 13.7 Å². The monoisotopic (exact) mass is 272 g/mol. The van der Waals surface area contributed by atoms with Crippen LogP contribution in [0.25, 0.3) is 11.1 Å². The summed E-state index contributed by atoms with van der Waals surface area (Å²) in [6.07, 6.45) is 1.65. The molecular weight excluding hydrogens is 256 g/mol. The Hall–Kier alpha value is -2.56. The van der Waals surface area contributed by atoms with Gasteiger partial charge in [-0.25, -0.2) is 4.98 Å². The number of hydrogen-bond acceptors (Lipinski definition) is 4. The molecule has 104 valence electrons. The molecular formula is C15H16N2O3. The summed E-state index contributed by atoms with van der Waals surface area (Å²) in [6, 6.07) is 8.68. The van der Waals surface area contributed by atoms with Crippen LogP contribution in [-0.2, 0) is 0 Å². The number of nitrogens with two attached hydrogens (primary N) is 1. The van der Waals surface area contributed by atoms with E-state index in [1.165, 1.54) is 0 Å². The van der Waals surface area contributed by atoms with Crippen molar-refractivity contribution in [3.05, 3.63) is 42.1 Å². The molecule has 2 aromatic rings. The fourth-order valence-electron chi connectivity index (χ4n) is 1.92. The molecule has 0 aliphatic carbocycles. The molecule has 0 bridgehead atoms. The Kier molecular flexibility index (Phi) is 4.20. The number of amides is 1. The third-order valence-electron chi connectivity index (χ3n) is 2.83. The number of methoxy groups -OCH3 is 1. The van der Waals surface area contributed by atoms with Gasteiger partial charge in [0, 0.05) is 22.9 Å². The Balaban J connectivity index is 2.61. The van der Waals surface area contributed by atoms with E-state index in [2.05, 4.69) is 4.98 Å². The number of ether oxygens (including phenoxy) is 2. The highest BCUT2D eigenvalue weighted by atomic mass is 16.5. The number of nitrogens with zero attached hydrogens (tertiary/aromatic N) is 1. The van der Waals surface area contributed by atoms with E-state index in [1.807, 2.05) is 13.0 Å². The van der Waals surface area contributed by atoms with Crippen LogP contribution in [-0.4, -0.2) is 24.6 Å². The third-order valence-corrected chi connectivity index (χ3v) is 2.83. The van der Waals surface area contributed by atoms with Gasteiger partial charge in [0.15, 0.2) is 0 Å². The van der Waals surface area contributed by atoms with Gasteiger partial charge in [-0.3, -0.25) is 4.79 Å². The lowest BCUT2D eigenvalue weighted by Gasteiger charge is -2.13. The Bertz CT molecular complexity index is 626. The Morgan fingerprint density at radius 2 is 2.10 bits per heavy atom.